The maximum absolute atomic E-state index is 10.0. The summed E-state index contributed by atoms with van der Waals surface area (Å²) in [6.07, 6.45) is 5.63. The fraction of sp³-hybridized carbons (Fsp3) is 0. The van der Waals surface area contributed by atoms with E-state index in [0.717, 1.165) is 33.3 Å². The van der Waals surface area contributed by atoms with Crippen molar-refractivity contribution in [2.75, 3.05) is 0 Å². The molecule has 337 valence electrons. The third kappa shape index (κ3) is 16.9. The smallest absolute Gasteiger partial charge is 0.227 e. The quantitative estimate of drug-likeness (QED) is 0.217. The standard InChI is InChI=1S/2C13H9NO.4C6H5NO2.Ir/c2*1-2-6-10(7-3-1)13-14-11-8-4-5-9-12(11)15-13;4*8-6(9)5-3-1-2-4-7-5;/h2*1-9H;4*1-4H,(H,8,9);/p-4. The van der Waals surface area contributed by atoms with Gasteiger partial charge in [-0.05, 0) is 97.1 Å². The second-order valence-electron chi connectivity index (χ2n) is 12.7. The minimum atomic E-state index is -1.24. The van der Waals surface area contributed by atoms with Gasteiger partial charge in [0.1, 0.15) is 11.0 Å². The van der Waals surface area contributed by atoms with Gasteiger partial charge < -0.3 is 48.4 Å². The van der Waals surface area contributed by atoms with Gasteiger partial charge in [-0.25, -0.2) is 9.97 Å². The van der Waals surface area contributed by atoms with Crippen LogP contribution in [0.1, 0.15) is 42.0 Å². The third-order valence-corrected chi connectivity index (χ3v) is 8.13. The van der Waals surface area contributed by atoms with E-state index in [1.807, 2.05) is 109 Å². The molecule has 0 N–H and O–H groups in total. The number of para-hydroxylation sites is 4. The van der Waals surface area contributed by atoms with E-state index >= 15 is 0 Å². The van der Waals surface area contributed by atoms with Crippen LogP contribution in [0.15, 0.2) is 216 Å². The largest absolute Gasteiger partial charge is 0.543 e. The Hall–Kier alpha value is -9.05. The molecule has 0 aliphatic rings. The fourth-order valence-electron chi connectivity index (χ4n) is 5.09. The summed E-state index contributed by atoms with van der Waals surface area (Å²) >= 11 is 0. The van der Waals surface area contributed by atoms with E-state index in [2.05, 4.69) is 29.9 Å². The number of fused-ring (bicyclic) bond motifs is 2. The zero-order chi connectivity index (χ0) is 46.9. The molecule has 0 amide bonds. The predicted octanol–water partition coefficient (Wildman–Crippen LogP) is 4.77. The van der Waals surface area contributed by atoms with Crippen LogP contribution in [-0.2, 0) is 20.1 Å². The minimum Gasteiger partial charge on any atom is -0.543 e. The summed E-state index contributed by atoms with van der Waals surface area (Å²) in [5.74, 6) is -3.61. The molecule has 0 saturated heterocycles. The van der Waals surface area contributed by atoms with Gasteiger partial charge in [0.15, 0.2) is 11.2 Å². The SMILES string of the molecule is O=C([O-])c1ccccn1.O=C([O-])c1ccccn1.O=C([O-])c1ccccn1.O=C([O-])c1ccccn1.[Ir].c1ccc(-c2nc3ccccc3o2)cc1.c1ccc(-c2nc3ccccc3o2)cc1. The first-order valence-corrected chi connectivity index (χ1v) is 19.4. The predicted molar refractivity (Wildman–Crippen MR) is 233 cm³/mol. The molecule has 0 aliphatic carbocycles. The number of oxazole rings is 2. The van der Waals surface area contributed by atoms with Gasteiger partial charge in [-0.3, -0.25) is 19.9 Å². The Morgan fingerprint density at radius 2 is 0.582 bits per heavy atom. The molecular formula is C50H34IrN6O10-4. The van der Waals surface area contributed by atoms with Gasteiger partial charge >= 0.3 is 0 Å². The van der Waals surface area contributed by atoms with E-state index in [1.54, 1.807) is 48.5 Å². The monoisotopic (exact) mass is 1070 g/mol. The van der Waals surface area contributed by atoms with Crippen LogP contribution in [0, 0.1) is 0 Å². The van der Waals surface area contributed by atoms with Gasteiger partial charge in [-0.2, -0.15) is 0 Å². The molecule has 16 nitrogen and oxygen atoms in total. The number of hydrogen-bond acceptors (Lipinski definition) is 16. The van der Waals surface area contributed by atoms with E-state index in [4.69, 9.17) is 8.83 Å². The topological polar surface area (TPSA) is 264 Å². The van der Waals surface area contributed by atoms with E-state index in [9.17, 15) is 39.6 Å². The van der Waals surface area contributed by atoms with Gasteiger partial charge in [-0.15, -0.1) is 0 Å². The molecule has 6 heterocycles. The molecular weight excluding hydrogens is 1040 g/mol. The number of rotatable bonds is 6. The first-order valence-electron chi connectivity index (χ1n) is 19.4. The zero-order valence-corrected chi connectivity index (χ0v) is 37.1. The molecule has 0 atom stereocenters. The molecule has 6 aromatic heterocycles. The van der Waals surface area contributed by atoms with Crippen molar-refractivity contribution in [3.8, 4) is 22.9 Å². The Morgan fingerprint density at radius 1 is 0.328 bits per heavy atom. The van der Waals surface area contributed by atoms with Gasteiger partial charge in [0.05, 0.1) is 46.7 Å². The van der Waals surface area contributed by atoms with Crippen LogP contribution in [0.4, 0.5) is 0 Å². The first-order chi connectivity index (χ1) is 32.1. The van der Waals surface area contributed by atoms with Crippen molar-refractivity contribution in [3.63, 3.8) is 0 Å². The second kappa shape index (κ2) is 27.2. The average Bonchev–Trinajstić information content (AvgIpc) is 4.02. The molecule has 1 radical (unpaired) electrons. The summed E-state index contributed by atoms with van der Waals surface area (Å²) < 4.78 is 11.3. The molecule has 4 aromatic carbocycles. The number of carboxylic acid groups (broad SMARTS) is 4. The van der Waals surface area contributed by atoms with Crippen LogP contribution in [0.2, 0.25) is 0 Å². The summed E-state index contributed by atoms with van der Waals surface area (Å²) in [5.41, 5.74) is 5.35. The van der Waals surface area contributed by atoms with Crippen molar-refractivity contribution >= 4 is 46.1 Å². The van der Waals surface area contributed by atoms with E-state index in [1.165, 1.54) is 49.1 Å². The third-order valence-electron chi connectivity index (χ3n) is 8.13. The summed E-state index contributed by atoms with van der Waals surface area (Å²) in [5, 5.41) is 40.1. The van der Waals surface area contributed by atoms with Gasteiger partial charge in [0, 0.05) is 56.0 Å². The Balaban J connectivity index is 0.000000178. The van der Waals surface area contributed by atoms with Gasteiger partial charge in [0.25, 0.3) is 0 Å². The van der Waals surface area contributed by atoms with Crippen LogP contribution >= 0.6 is 0 Å². The van der Waals surface area contributed by atoms with Crippen molar-refractivity contribution in [2.24, 2.45) is 0 Å². The summed E-state index contributed by atoms with van der Waals surface area (Å²) in [7, 11) is 0. The number of carbonyl (C=O) groups excluding carboxylic acids is 4. The maximum Gasteiger partial charge on any atom is 0.227 e. The van der Waals surface area contributed by atoms with Crippen molar-refractivity contribution in [2.45, 2.75) is 0 Å². The van der Waals surface area contributed by atoms with Gasteiger partial charge in [-0.1, -0.05) is 84.9 Å². The molecule has 17 heteroatoms. The molecule has 0 unspecified atom stereocenters. The van der Waals surface area contributed by atoms with E-state index in [-0.39, 0.29) is 42.9 Å². The Labute approximate surface area is 395 Å². The minimum absolute atomic E-state index is 0. The Morgan fingerprint density at radius 3 is 0.806 bits per heavy atom. The van der Waals surface area contributed by atoms with E-state index in [0.29, 0.717) is 11.8 Å². The van der Waals surface area contributed by atoms with E-state index < -0.39 is 23.9 Å². The normalized spacial score (nSPS) is 9.55. The molecule has 67 heavy (non-hydrogen) atoms. The zero-order valence-electron chi connectivity index (χ0n) is 34.7. The van der Waals surface area contributed by atoms with Crippen molar-refractivity contribution in [1.82, 2.24) is 29.9 Å². The number of aromatic carboxylic acids is 4. The number of pyridine rings is 4. The molecule has 10 rings (SSSR count). The number of aromatic nitrogens is 6. The molecule has 0 bridgehead atoms. The first kappa shape index (κ1) is 50.6. The van der Waals surface area contributed by atoms with Crippen LogP contribution < -0.4 is 20.4 Å². The summed E-state index contributed by atoms with van der Waals surface area (Å²) in [6, 6.07) is 53.9. The van der Waals surface area contributed by atoms with Crippen LogP contribution in [-0.4, -0.2) is 53.8 Å². The van der Waals surface area contributed by atoms with Crippen LogP contribution in [0.25, 0.3) is 45.1 Å². The molecule has 10 aromatic rings. The van der Waals surface area contributed by atoms with Crippen molar-refractivity contribution < 1.29 is 68.5 Å². The van der Waals surface area contributed by atoms with Gasteiger partial charge in [0.2, 0.25) is 11.8 Å². The average molecular weight is 1070 g/mol. The molecule has 0 fully saturated rings. The molecule has 0 saturated carbocycles. The number of carboxylic acids is 4. The number of nitrogens with zero attached hydrogens (tertiary/aromatic N) is 6. The Kier molecular flexibility index (Phi) is 20.5. The molecule has 0 spiro atoms. The number of hydrogen-bond donors (Lipinski definition) is 0. The van der Waals surface area contributed by atoms with Crippen molar-refractivity contribution in [3.05, 3.63) is 230 Å². The fourth-order valence-corrected chi connectivity index (χ4v) is 5.09. The van der Waals surface area contributed by atoms with Crippen LogP contribution in [0.5, 0.6) is 0 Å². The van der Waals surface area contributed by atoms with Crippen LogP contribution in [0.3, 0.4) is 0 Å². The molecule has 0 aliphatic heterocycles. The number of carbonyl (C=O) groups is 4. The maximum atomic E-state index is 10.0. The van der Waals surface area contributed by atoms with Crippen molar-refractivity contribution in [1.29, 1.82) is 0 Å². The number of benzene rings is 4. The Bertz CT molecular complexity index is 2670. The summed E-state index contributed by atoms with van der Waals surface area (Å²) in [6.45, 7) is 0. The summed E-state index contributed by atoms with van der Waals surface area (Å²) in [4.78, 5) is 63.0. The second-order valence-corrected chi connectivity index (χ2v) is 12.7.